The molecule has 0 bridgehead atoms. The topological polar surface area (TPSA) is 12.5 Å². The molecule has 2 unspecified atom stereocenters. The zero-order valence-electron chi connectivity index (χ0n) is 11.1. The van der Waals surface area contributed by atoms with Gasteiger partial charge in [0, 0.05) is 25.6 Å². The van der Waals surface area contributed by atoms with Crippen molar-refractivity contribution in [1.82, 2.24) is 4.90 Å². The molecule has 3 heteroatoms. The van der Waals surface area contributed by atoms with Crippen LogP contribution in [0, 0.1) is 0 Å². The number of ether oxygens (including phenoxy) is 1. The predicted octanol–water partition coefficient (Wildman–Crippen LogP) is 2.81. The molecule has 1 aliphatic rings. The van der Waals surface area contributed by atoms with Gasteiger partial charge in [0.25, 0.3) is 0 Å². The largest absolute Gasteiger partial charge is 0.377 e. The van der Waals surface area contributed by atoms with Crippen LogP contribution < -0.4 is 0 Å². The van der Waals surface area contributed by atoms with Gasteiger partial charge in [-0.15, -0.1) is 0 Å². The van der Waals surface area contributed by atoms with E-state index in [1.54, 1.807) is 0 Å². The fraction of sp³-hybridized carbons (Fsp3) is 0.600. The average Bonchev–Trinajstić information content (AvgIpc) is 2.90. The molecule has 0 amide bonds. The third-order valence-corrected chi connectivity index (χ3v) is 4.00. The molecule has 100 valence electrons. The molecule has 0 aromatic heterocycles. The lowest BCUT2D eigenvalue weighted by Gasteiger charge is -2.25. The Kier molecular flexibility index (Phi) is 5.54. The Morgan fingerprint density at radius 3 is 2.78 bits per heavy atom. The molecule has 1 saturated heterocycles. The number of nitrogens with zero attached hydrogens (tertiary/aromatic N) is 1. The van der Waals surface area contributed by atoms with E-state index in [0.717, 1.165) is 25.4 Å². The molecule has 1 heterocycles. The van der Waals surface area contributed by atoms with Gasteiger partial charge in [-0.1, -0.05) is 30.3 Å². The van der Waals surface area contributed by atoms with Gasteiger partial charge in [-0.05, 0) is 31.2 Å². The number of hydrogen-bond acceptors (Lipinski definition) is 3. The number of likely N-dealkylation sites (N-methyl/N-ethyl adjacent to an activating group) is 1. The van der Waals surface area contributed by atoms with Crippen LogP contribution in [0.4, 0.5) is 0 Å². The van der Waals surface area contributed by atoms with Gasteiger partial charge in [0.05, 0.1) is 6.10 Å². The van der Waals surface area contributed by atoms with Crippen molar-refractivity contribution in [2.24, 2.45) is 0 Å². The molecule has 0 radical (unpaired) electrons. The average molecular weight is 265 g/mol. The molecular weight excluding hydrogens is 242 g/mol. The first-order chi connectivity index (χ1) is 8.79. The van der Waals surface area contributed by atoms with Crippen LogP contribution in [0.5, 0.6) is 0 Å². The summed E-state index contributed by atoms with van der Waals surface area (Å²) >= 11 is 4.49. The van der Waals surface area contributed by atoms with Crippen LogP contribution in [0.15, 0.2) is 30.3 Å². The molecule has 1 aromatic rings. The van der Waals surface area contributed by atoms with Gasteiger partial charge in [0.2, 0.25) is 0 Å². The fourth-order valence-electron chi connectivity index (χ4n) is 2.58. The smallest absolute Gasteiger partial charge is 0.0702 e. The van der Waals surface area contributed by atoms with Crippen LogP contribution in [0.1, 0.15) is 24.3 Å². The lowest BCUT2D eigenvalue weighted by Crippen LogP contribution is -2.32. The second-order valence-corrected chi connectivity index (χ2v) is 5.51. The van der Waals surface area contributed by atoms with E-state index in [1.807, 2.05) is 0 Å². The highest BCUT2D eigenvalue weighted by Gasteiger charge is 2.19. The molecule has 2 rings (SSSR count). The van der Waals surface area contributed by atoms with Gasteiger partial charge in [0.1, 0.15) is 0 Å². The van der Waals surface area contributed by atoms with Crippen molar-refractivity contribution in [2.45, 2.75) is 24.9 Å². The second-order valence-electron chi connectivity index (χ2n) is 5.15. The normalized spacial score (nSPS) is 21.4. The lowest BCUT2D eigenvalue weighted by molar-refractivity contribution is 0.0800. The quantitative estimate of drug-likeness (QED) is 0.794. The summed E-state index contributed by atoms with van der Waals surface area (Å²) in [6, 6.07) is 10.7. The van der Waals surface area contributed by atoms with Crippen molar-refractivity contribution in [1.29, 1.82) is 0 Å². The van der Waals surface area contributed by atoms with E-state index >= 15 is 0 Å². The molecule has 0 aliphatic carbocycles. The van der Waals surface area contributed by atoms with Crippen molar-refractivity contribution >= 4 is 12.6 Å². The van der Waals surface area contributed by atoms with Gasteiger partial charge < -0.3 is 9.64 Å². The minimum absolute atomic E-state index is 0.436. The van der Waals surface area contributed by atoms with Crippen LogP contribution >= 0.6 is 12.6 Å². The zero-order chi connectivity index (χ0) is 12.8. The van der Waals surface area contributed by atoms with Crippen molar-refractivity contribution in [3.8, 4) is 0 Å². The van der Waals surface area contributed by atoms with Gasteiger partial charge in [-0.2, -0.15) is 12.6 Å². The molecular formula is C15H23NOS. The predicted molar refractivity (Wildman–Crippen MR) is 79.5 cm³/mol. The lowest BCUT2D eigenvalue weighted by atomic mass is 10.0. The zero-order valence-corrected chi connectivity index (χ0v) is 12.0. The van der Waals surface area contributed by atoms with Crippen molar-refractivity contribution in [2.75, 3.05) is 32.5 Å². The maximum absolute atomic E-state index is 5.68. The Morgan fingerprint density at radius 2 is 2.17 bits per heavy atom. The summed E-state index contributed by atoms with van der Waals surface area (Å²) in [5, 5.41) is 0. The number of rotatable bonds is 6. The van der Waals surface area contributed by atoms with E-state index in [-0.39, 0.29) is 0 Å². The molecule has 18 heavy (non-hydrogen) atoms. The molecule has 1 fully saturated rings. The van der Waals surface area contributed by atoms with E-state index in [0.29, 0.717) is 12.0 Å². The molecule has 0 saturated carbocycles. The molecule has 0 N–H and O–H groups in total. The van der Waals surface area contributed by atoms with Crippen molar-refractivity contribution in [3.05, 3.63) is 35.9 Å². The maximum atomic E-state index is 5.68. The summed E-state index contributed by atoms with van der Waals surface area (Å²) in [4.78, 5) is 2.38. The number of thiol groups is 1. The van der Waals surface area contributed by atoms with E-state index in [2.05, 4.69) is 54.9 Å². The van der Waals surface area contributed by atoms with E-state index in [9.17, 15) is 0 Å². The first-order valence-corrected chi connectivity index (χ1v) is 7.39. The second kappa shape index (κ2) is 7.17. The molecule has 1 aliphatic heterocycles. The Labute approximate surface area is 116 Å². The minimum atomic E-state index is 0.436. The Morgan fingerprint density at radius 1 is 1.39 bits per heavy atom. The highest BCUT2D eigenvalue weighted by molar-refractivity contribution is 7.80. The summed E-state index contributed by atoms with van der Waals surface area (Å²) in [6.07, 6.45) is 2.86. The van der Waals surface area contributed by atoms with Crippen molar-refractivity contribution < 1.29 is 4.74 Å². The number of hydrogen-bond donors (Lipinski definition) is 1. The highest BCUT2D eigenvalue weighted by Crippen LogP contribution is 2.19. The van der Waals surface area contributed by atoms with Crippen LogP contribution in [-0.2, 0) is 4.74 Å². The van der Waals surface area contributed by atoms with E-state index in [1.165, 1.54) is 18.4 Å². The Balaban J connectivity index is 1.85. The van der Waals surface area contributed by atoms with Gasteiger partial charge in [-0.25, -0.2) is 0 Å². The van der Waals surface area contributed by atoms with Crippen LogP contribution in [0.25, 0.3) is 0 Å². The van der Waals surface area contributed by atoms with Gasteiger partial charge in [-0.3, -0.25) is 0 Å². The fourth-order valence-corrected chi connectivity index (χ4v) is 2.91. The molecule has 0 spiro atoms. The third kappa shape index (κ3) is 4.01. The summed E-state index contributed by atoms with van der Waals surface area (Å²) in [5.41, 5.74) is 1.38. The first kappa shape index (κ1) is 13.9. The monoisotopic (exact) mass is 265 g/mol. The van der Waals surface area contributed by atoms with Crippen LogP contribution in [0.3, 0.4) is 0 Å². The Bertz CT molecular complexity index is 338. The van der Waals surface area contributed by atoms with Crippen molar-refractivity contribution in [3.63, 3.8) is 0 Å². The standard InChI is InChI=1S/C15H23NOS/c1-16(11-15-8-5-9-17-15)10-14(12-18)13-6-3-2-4-7-13/h2-4,6-7,14-15,18H,5,8-12H2,1H3. The summed E-state index contributed by atoms with van der Waals surface area (Å²) in [7, 11) is 2.18. The maximum Gasteiger partial charge on any atom is 0.0702 e. The van der Waals surface area contributed by atoms with Gasteiger partial charge >= 0.3 is 0 Å². The van der Waals surface area contributed by atoms with E-state index in [4.69, 9.17) is 4.74 Å². The highest BCUT2D eigenvalue weighted by atomic mass is 32.1. The minimum Gasteiger partial charge on any atom is -0.377 e. The van der Waals surface area contributed by atoms with Gasteiger partial charge in [0.15, 0.2) is 0 Å². The van der Waals surface area contributed by atoms with Crippen LogP contribution in [-0.4, -0.2) is 43.5 Å². The molecule has 1 aromatic carbocycles. The third-order valence-electron chi connectivity index (χ3n) is 3.56. The molecule has 2 nitrogen and oxygen atoms in total. The Hall–Kier alpha value is -0.510. The first-order valence-electron chi connectivity index (χ1n) is 6.75. The SMILES string of the molecule is CN(CC1CCCO1)CC(CS)c1ccccc1. The summed E-state index contributed by atoms with van der Waals surface area (Å²) in [6.45, 7) is 3.03. The van der Waals surface area contributed by atoms with Crippen LogP contribution in [0.2, 0.25) is 0 Å². The molecule has 2 atom stereocenters. The number of benzene rings is 1. The van der Waals surface area contributed by atoms with E-state index < -0.39 is 0 Å². The summed E-state index contributed by atoms with van der Waals surface area (Å²) in [5.74, 6) is 1.39. The summed E-state index contributed by atoms with van der Waals surface area (Å²) < 4.78 is 5.68.